The van der Waals surface area contributed by atoms with Crippen molar-refractivity contribution in [3.05, 3.63) is 52.0 Å². The molecular formula is C28H36BrN11O2. The summed E-state index contributed by atoms with van der Waals surface area (Å²) in [6, 6.07) is 10.2. The number of phenolic OH excluding ortho intramolecular Hbond substituents is 1. The van der Waals surface area contributed by atoms with Gasteiger partial charge in [0.2, 0.25) is 17.8 Å². The maximum Gasteiger partial charge on any atom is 0.262 e. The van der Waals surface area contributed by atoms with Crippen molar-refractivity contribution in [2.45, 2.75) is 43.4 Å². The van der Waals surface area contributed by atoms with Crippen molar-refractivity contribution in [3.8, 4) is 5.75 Å². The lowest BCUT2D eigenvalue weighted by Crippen LogP contribution is -2.54. The van der Waals surface area contributed by atoms with E-state index in [-0.39, 0.29) is 47.3 Å². The van der Waals surface area contributed by atoms with Gasteiger partial charge < -0.3 is 48.1 Å². The Labute approximate surface area is 252 Å². The number of fused-ring (bicyclic) bond motifs is 1. The van der Waals surface area contributed by atoms with Crippen LogP contribution in [0.2, 0.25) is 0 Å². The molecule has 4 heterocycles. The predicted octanol–water partition coefficient (Wildman–Crippen LogP) is 1.02. The van der Waals surface area contributed by atoms with Crippen molar-refractivity contribution in [3.63, 3.8) is 0 Å². The van der Waals surface area contributed by atoms with Crippen molar-refractivity contribution in [1.29, 1.82) is 0 Å². The van der Waals surface area contributed by atoms with Crippen molar-refractivity contribution >= 4 is 51.1 Å². The number of phenols is 1. The van der Waals surface area contributed by atoms with E-state index >= 15 is 0 Å². The summed E-state index contributed by atoms with van der Waals surface area (Å²) >= 11 is 3.49. The minimum atomic E-state index is -0.264. The second-order valence-corrected chi connectivity index (χ2v) is 12.3. The molecule has 2 aromatic carbocycles. The van der Waals surface area contributed by atoms with E-state index in [1.807, 2.05) is 28.0 Å². The molecule has 3 aromatic rings. The van der Waals surface area contributed by atoms with Crippen molar-refractivity contribution in [2.75, 3.05) is 52.7 Å². The second-order valence-electron chi connectivity index (χ2n) is 11.4. The maximum atomic E-state index is 13.4. The van der Waals surface area contributed by atoms with E-state index in [4.69, 9.17) is 27.9 Å². The van der Waals surface area contributed by atoms with Gasteiger partial charge in [-0.15, -0.1) is 0 Å². The first kappa shape index (κ1) is 28.6. The number of carbonyl (C=O) groups is 1. The molecule has 0 bridgehead atoms. The molecule has 6 rings (SSSR count). The standard InChI is InChI=1S/C28H36BrN11O2/c29-16-1-4-23-15(7-16)5-6-40(23)25(42)22-3-2-21(10-24(22)41)34-26-35-27(38-11-17(30)8-18(31)12-38)37-28(36-26)39-13-19(32)9-20(33)14-39/h1-4,7,10,17-20,41H,5-6,8-9,11-14,30-33H2,(H,34,35,36,37)/t17-,18+,19-,20+. The normalized spacial score (nSPS) is 24.1. The number of rotatable bonds is 5. The molecule has 2 fully saturated rings. The number of nitrogens with two attached hydrogens (primary N) is 4. The van der Waals surface area contributed by atoms with Gasteiger partial charge in [-0.25, -0.2) is 0 Å². The molecular weight excluding hydrogens is 602 g/mol. The van der Waals surface area contributed by atoms with Crippen LogP contribution in [0.1, 0.15) is 28.8 Å². The average Bonchev–Trinajstić information content (AvgIpc) is 3.34. The number of nitrogens with zero attached hydrogens (tertiary/aromatic N) is 6. The third-order valence-corrected chi connectivity index (χ3v) is 8.37. The third kappa shape index (κ3) is 5.99. The number of nitrogens with one attached hydrogen (secondary N) is 1. The molecule has 10 N–H and O–H groups in total. The van der Waals surface area contributed by atoms with Crippen molar-refractivity contribution in [1.82, 2.24) is 15.0 Å². The van der Waals surface area contributed by atoms with Crippen LogP contribution in [0.4, 0.5) is 29.2 Å². The van der Waals surface area contributed by atoms with Gasteiger partial charge in [0, 0.05) is 78.8 Å². The van der Waals surface area contributed by atoms with Crippen LogP contribution in [0.3, 0.4) is 0 Å². The number of anilines is 5. The van der Waals surface area contributed by atoms with E-state index in [9.17, 15) is 9.90 Å². The first-order chi connectivity index (χ1) is 20.1. The Morgan fingerprint density at radius 3 is 2.02 bits per heavy atom. The highest BCUT2D eigenvalue weighted by Crippen LogP contribution is 2.34. The largest absolute Gasteiger partial charge is 0.507 e. The van der Waals surface area contributed by atoms with Gasteiger partial charge in [-0.1, -0.05) is 15.9 Å². The fraction of sp³-hybridized carbons (Fsp3) is 0.429. The molecule has 2 saturated heterocycles. The Morgan fingerprint density at radius 2 is 1.45 bits per heavy atom. The number of carbonyl (C=O) groups excluding carboxylic acids is 1. The Hall–Kier alpha value is -3.56. The Kier molecular flexibility index (Phi) is 7.89. The van der Waals surface area contributed by atoms with Gasteiger partial charge in [-0.2, -0.15) is 15.0 Å². The van der Waals surface area contributed by atoms with E-state index in [0.717, 1.165) is 35.0 Å². The summed E-state index contributed by atoms with van der Waals surface area (Å²) in [7, 11) is 0. The molecule has 1 aromatic heterocycles. The summed E-state index contributed by atoms with van der Waals surface area (Å²) in [6.45, 7) is 2.79. The monoisotopic (exact) mass is 637 g/mol. The number of amides is 1. The van der Waals surface area contributed by atoms with Crippen LogP contribution in [0.15, 0.2) is 40.9 Å². The zero-order valence-electron chi connectivity index (χ0n) is 23.2. The van der Waals surface area contributed by atoms with Crippen LogP contribution >= 0.6 is 15.9 Å². The number of hydrogen-bond acceptors (Lipinski definition) is 12. The molecule has 0 spiro atoms. The van der Waals surface area contributed by atoms with Gasteiger partial charge in [0.05, 0.1) is 5.56 Å². The first-order valence-corrected chi connectivity index (χ1v) is 14.9. The number of halogens is 1. The molecule has 1 amide bonds. The number of hydrogen-bond donors (Lipinski definition) is 6. The lowest BCUT2D eigenvalue weighted by atomic mass is 10.0. The molecule has 0 unspecified atom stereocenters. The van der Waals surface area contributed by atoms with Crippen LogP contribution < -0.4 is 43.0 Å². The second kappa shape index (κ2) is 11.6. The summed E-state index contributed by atoms with van der Waals surface area (Å²) in [6.07, 6.45) is 2.20. The van der Waals surface area contributed by atoms with E-state index in [1.165, 1.54) is 6.07 Å². The third-order valence-electron chi connectivity index (χ3n) is 7.87. The molecule has 3 aliphatic heterocycles. The van der Waals surface area contributed by atoms with Crippen LogP contribution in [-0.4, -0.2) is 82.9 Å². The van der Waals surface area contributed by atoms with Crippen LogP contribution in [0.25, 0.3) is 0 Å². The zero-order valence-corrected chi connectivity index (χ0v) is 24.7. The highest BCUT2D eigenvalue weighted by Gasteiger charge is 2.30. The highest BCUT2D eigenvalue weighted by atomic mass is 79.9. The molecule has 0 radical (unpaired) electrons. The SMILES string of the molecule is N[C@@H]1C[C@H](N)CN(c2nc(Nc3ccc(C(=O)N4CCc5cc(Br)ccc54)c(O)c3)nc(N3C[C@H](N)C[C@H](N)C3)n2)C1. The van der Waals surface area contributed by atoms with E-state index in [1.54, 1.807) is 17.0 Å². The summed E-state index contributed by atoms with van der Waals surface area (Å²) in [4.78, 5) is 33.1. The molecule has 42 heavy (non-hydrogen) atoms. The van der Waals surface area contributed by atoms with Gasteiger partial charge in [-0.05, 0) is 55.2 Å². The fourth-order valence-electron chi connectivity index (χ4n) is 6.02. The van der Waals surface area contributed by atoms with Crippen molar-refractivity contribution in [2.24, 2.45) is 22.9 Å². The summed E-state index contributed by atoms with van der Waals surface area (Å²) in [5.41, 5.74) is 27.7. The Bertz CT molecular complexity index is 1430. The first-order valence-electron chi connectivity index (χ1n) is 14.1. The van der Waals surface area contributed by atoms with Gasteiger partial charge in [0.1, 0.15) is 5.75 Å². The topological polar surface area (TPSA) is 202 Å². The molecule has 222 valence electrons. The van der Waals surface area contributed by atoms with E-state index in [2.05, 4.69) is 31.2 Å². The van der Waals surface area contributed by atoms with Gasteiger partial charge in [0.15, 0.2) is 0 Å². The lowest BCUT2D eigenvalue weighted by molar-refractivity contribution is 0.0987. The molecule has 3 aliphatic rings. The van der Waals surface area contributed by atoms with Crippen LogP contribution in [0.5, 0.6) is 5.75 Å². The van der Waals surface area contributed by atoms with Gasteiger partial charge in [0.25, 0.3) is 5.91 Å². The van der Waals surface area contributed by atoms with Gasteiger partial charge >= 0.3 is 0 Å². The minimum absolute atomic E-state index is 0.103. The lowest BCUT2D eigenvalue weighted by Gasteiger charge is -2.37. The highest BCUT2D eigenvalue weighted by molar-refractivity contribution is 9.10. The summed E-state index contributed by atoms with van der Waals surface area (Å²) in [5.74, 6) is 0.742. The molecule has 14 heteroatoms. The van der Waals surface area contributed by atoms with Crippen LogP contribution in [0, 0.1) is 0 Å². The molecule has 13 nitrogen and oxygen atoms in total. The number of aromatic nitrogens is 3. The minimum Gasteiger partial charge on any atom is -0.507 e. The maximum absolute atomic E-state index is 13.4. The Morgan fingerprint density at radius 1 is 0.857 bits per heavy atom. The molecule has 0 saturated carbocycles. The van der Waals surface area contributed by atoms with E-state index in [0.29, 0.717) is 50.3 Å². The summed E-state index contributed by atoms with van der Waals surface area (Å²) in [5, 5.41) is 14.1. The molecule has 4 atom stereocenters. The number of benzene rings is 2. The average molecular weight is 639 g/mol. The van der Waals surface area contributed by atoms with Crippen molar-refractivity contribution < 1.29 is 9.90 Å². The predicted molar refractivity (Wildman–Crippen MR) is 166 cm³/mol. The van der Waals surface area contributed by atoms with Gasteiger partial charge in [-0.3, -0.25) is 4.79 Å². The number of aromatic hydroxyl groups is 1. The number of piperidine rings is 2. The summed E-state index contributed by atoms with van der Waals surface area (Å²) < 4.78 is 0.968. The quantitative estimate of drug-likeness (QED) is 0.232. The fourth-order valence-corrected chi connectivity index (χ4v) is 6.43. The van der Waals surface area contributed by atoms with E-state index < -0.39 is 0 Å². The Balaban J connectivity index is 1.27. The molecule has 0 aliphatic carbocycles. The zero-order chi connectivity index (χ0) is 29.5. The smallest absolute Gasteiger partial charge is 0.262 e. The van der Waals surface area contributed by atoms with Crippen LogP contribution in [-0.2, 0) is 6.42 Å².